The number of nitrogen functional groups attached to an aromatic ring is 1. The second-order valence-corrected chi connectivity index (χ2v) is 5.17. The van der Waals surface area contributed by atoms with E-state index in [0.29, 0.717) is 11.3 Å². The van der Waals surface area contributed by atoms with Crippen LogP contribution in [0.3, 0.4) is 0 Å². The Bertz CT molecular complexity index is 508. The van der Waals surface area contributed by atoms with Gasteiger partial charge in [-0.25, -0.2) is 0 Å². The lowest BCUT2D eigenvalue weighted by atomic mass is 9.97. The summed E-state index contributed by atoms with van der Waals surface area (Å²) in [4.78, 5) is 11.8. The van der Waals surface area contributed by atoms with Gasteiger partial charge in [0.15, 0.2) is 0 Å². The number of nitrogens with two attached hydrogens (primary N) is 1. The molecule has 0 aliphatic heterocycles. The predicted octanol–water partition coefficient (Wildman–Crippen LogP) is 2.93. The van der Waals surface area contributed by atoms with E-state index in [9.17, 15) is 4.79 Å². The third-order valence-electron chi connectivity index (χ3n) is 3.66. The van der Waals surface area contributed by atoms with E-state index >= 15 is 0 Å². The molecule has 0 radical (unpaired) electrons. The van der Waals surface area contributed by atoms with E-state index in [1.165, 1.54) is 31.3 Å². The van der Waals surface area contributed by atoms with Crippen molar-refractivity contribution in [3.63, 3.8) is 0 Å². The highest BCUT2D eigenvalue weighted by Crippen LogP contribution is 2.22. The first-order chi connectivity index (χ1) is 9.70. The minimum absolute atomic E-state index is 0.114. The average molecular weight is 273 g/mol. The zero-order chi connectivity index (χ0) is 14.4. The Hall–Kier alpha value is -1.97. The van der Waals surface area contributed by atoms with Crippen molar-refractivity contribution in [3.05, 3.63) is 35.4 Å². The third kappa shape index (κ3) is 3.76. The molecule has 0 bridgehead atoms. The summed E-state index contributed by atoms with van der Waals surface area (Å²) in [5.74, 6) is -0.114. The molecule has 1 aromatic carbocycles. The van der Waals surface area contributed by atoms with E-state index in [4.69, 9.17) is 5.73 Å². The zero-order valence-corrected chi connectivity index (χ0v) is 12.0. The van der Waals surface area contributed by atoms with Gasteiger partial charge in [0, 0.05) is 25.0 Å². The summed E-state index contributed by atoms with van der Waals surface area (Å²) in [7, 11) is 1.63. The van der Waals surface area contributed by atoms with Gasteiger partial charge in [-0.3, -0.25) is 4.79 Å². The van der Waals surface area contributed by atoms with Crippen LogP contribution in [0.1, 0.15) is 42.5 Å². The van der Waals surface area contributed by atoms with Gasteiger partial charge in [0.25, 0.3) is 5.91 Å². The number of rotatable bonds is 5. The molecule has 0 atom stereocenters. The SMILES string of the molecule is CNC(=O)c1cc(N)ccc1NCCC1=CCCCC1. The zero-order valence-electron chi connectivity index (χ0n) is 12.0. The second-order valence-electron chi connectivity index (χ2n) is 5.17. The van der Waals surface area contributed by atoms with Crippen LogP contribution < -0.4 is 16.4 Å². The summed E-state index contributed by atoms with van der Waals surface area (Å²) in [5, 5.41) is 5.99. The Balaban J connectivity index is 1.98. The van der Waals surface area contributed by atoms with Crippen LogP contribution in [0.4, 0.5) is 11.4 Å². The molecule has 0 spiro atoms. The molecular formula is C16H23N3O. The van der Waals surface area contributed by atoms with Crippen LogP contribution in [0.25, 0.3) is 0 Å². The monoisotopic (exact) mass is 273 g/mol. The molecule has 0 fully saturated rings. The number of benzene rings is 1. The quantitative estimate of drug-likeness (QED) is 0.571. The maximum atomic E-state index is 11.8. The van der Waals surface area contributed by atoms with Gasteiger partial charge in [-0.1, -0.05) is 11.6 Å². The summed E-state index contributed by atoms with van der Waals surface area (Å²) in [6.45, 7) is 0.847. The number of anilines is 2. The molecule has 0 saturated carbocycles. The van der Waals surface area contributed by atoms with Crippen molar-refractivity contribution in [1.82, 2.24) is 5.32 Å². The molecule has 4 heteroatoms. The highest BCUT2D eigenvalue weighted by molar-refractivity contribution is 6.00. The van der Waals surface area contributed by atoms with Crippen LogP contribution >= 0.6 is 0 Å². The molecule has 0 saturated heterocycles. The summed E-state index contributed by atoms with van der Waals surface area (Å²) >= 11 is 0. The van der Waals surface area contributed by atoms with Gasteiger partial charge in [0.1, 0.15) is 0 Å². The number of carbonyl (C=O) groups excluding carboxylic acids is 1. The summed E-state index contributed by atoms with van der Waals surface area (Å²) in [5.41, 5.74) is 9.32. The van der Waals surface area contributed by atoms with Crippen LogP contribution in [0, 0.1) is 0 Å². The Morgan fingerprint density at radius 2 is 2.20 bits per heavy atom. The molecule has 1 aliphatic rings. The number of allylic oxidation sites excluding steroid dienone is 1. The molecule has 20 heavy (non-hydrogen) atoms. The van der Waals surface area contributed by atoms with Crippen LogP contribution in [0.2, 0.25) is 0 Å². The van der Waals surface area contributed by atoms with E-state index < -0.39 is 0 Å². The van der Waals surface area contributed by atoms with Gasteiger partial charge in [-0.2, -0.15) is 0 Å². The fourth-order valence-corrected chi connectivity index (χ4v) is 2.53. The Kier molecular flexibility index (Phi) is 5.04. The number of hydrogen-bond donors (Lipinski definition) is 3. The Morgan fingerprint density at radius 3 is 2.90 bits per heavy atom. The van der Waals surface area contributed by atoms with E-state index in [-0.39, 0.29) is 5.91 Å². The van der Waals surface area contributed by atoms with Gasteiger partial charge in [-0.15, -0.1) is 0 Å². The predicted molar refractivity (Wildman–Crippen MR) is 83.9 cm³/mol. The lowest BCUT2D eigenvalue weighted by molar-refractivity contribution is 0.0964. The van der Waals surface area contributed by atoms with Gasteiger partial charge in [-0.05, 0) is 50.3 Å². The lowest BCUT2D eigenvalue weighted by Gasteiger charge is -2.15. The van der Waals surface area contributed by atoms with Crippen molar-refractivity contribution in [1.29, 1.82) is 0 Å². The fourth-order valence-electron chi connectivity index (χ4n) is 2.53. The lowest BCUT2D eigenvalue weighted by Crippen LogP contribution is -2.20. The maximum absolute atomic E-state index is 11.8. The van der Waals surface area contributed by atoms with Crippen molar-refractivity contribution < 1.29 is 4.79 Å². The molecule has 0 heterocycles. The molecular weight excluding hydrogens is 250 g/mol. The van der Waals surface area contributed by atoms with Gasteiger partial charge in [0.05, 0.1) is 5.56 Å². The third-order valence-corrected chi connectivity index (χ3v) is 3.66. The van der Waals surface area contributed by atoms with Gasteiger partial charge < -0.3 is 16.4 Å². The largest absolute Gasteiger partial charge is 0.399 e. The van der Waals surface area contributed by atoms with Gasteiger partial charge >= 0.3 is 0 Å². The van der Waals surface area contributed by atoms with Crippen LogP contribution in [0.15, 0.2) is 29.8 Å². The second kappa shape index (κ2) is 6.98. The minimum atomic E-state index is -0.114. The van der Waals surface area contributed by atoms with Crippen molar-refractivity contribution >= 4 is 17.3 Å². The molecule has 4 N–H and O–H groups in total. The Labute approximate surface area is 120 Å². The first-order valence-electron chi connectivity index (χ1n) is 7.24. The van der Waals surface area contributed by atoms with Crippen molar-refractivity contribution in [2.75, 3.05) is 24.6 Å². The maximum Gasteiger partial charge on any atom is 0.253 e. The molecule has 1 aromatic rings. The number of hydrogen-bond acceptors (Lipinski definition) is 3. The number of carbonyl (C=O) groups is 1. The van der Waals surface area contributed by atoms with Crippen molar-refractivity contribution in [3.8, 4) is 0 Å². The molecule has 1 amide bonds. The van der Waals surface area contributed by atoms with E-state index in [1.807, 2.05) is 12.1 Å². The Morgan fingerprint density at radius 1 is 1.35 bits per heavy atom. The normalized spacial score (nSPS) is 14.6. The molecule has 0 aromatic heterocycles. The van der Waals surface area contributed by atoms with Crippen LogP contribution in [-0.4, -0.2) is 19.5 Å². The van der Waals surface area contributed by atoms with Gasteiger partial charge in [0.2, 0.25) is 0 Å². The standard InChI is InChI=1S/C16H23N3O/c1-18-16(20)14-11-13(17)7-8-15(14)19-10-9-12-5-3-2-4-6-12/h5,7-8,11,19H,2-4,6,9-10,17H2,1H3,(H,18,20). The summed E-state index contributed by atoms with van der Waals surface area (Å²) < 4.78 is 0. The molecule has 4 nitrogen and oxygen atoms in total. The minimum Gasteiger partial charge on any atom is -0.399 e. The number of nitrogens with one attached hydrogen (secondary N) is 2. The van der Waals surface area contributed by atoms with E-state index in [2.05, 4.69) is 16.7 Å². The van der Waals surface area contributed by atoms with E-state index in [0.717, 1.165) is 18.7 Å². The first-order valence-corrected chi connectivity index (χ1v) is 7.24. The highest BCUT2D eigenvalue weighted by atomic mass is 16.1. The highest BCUT2D eigenvalue weighted by Gasteiger charge is 2.10. The van der Waals surface area contributed by atoms with E-state index in [1.54, 1.807) is 13.1 Å². The number of amides is 1. The molecule has 1 aliphatic carbocycles. The smallest absolute Gasteiger partial charge is 0.253 e. The average Bonchev–Trinajstić information content (AvgIpc) is 2.49. The summed E-state index contributed by atoms with van der Waals surface area (Å²) in [6, 6.07) is 5.39. The topological polar surface area (TPSA) is 67.2 Å². The molecule has 2 rings (SSSR count). The van der Waals surface area contributed by atoms with Crippen LogP contribution in [0.5, 0.6) is 0 Å². The summed E-state index contributed by atoms with van der Waals surface area (Å²) in [6.07, 6.45) is 8.44. The van der Waals surface area contributed by atoms with Crippen molar-refractivity contribution in [2.24, 2.45) is 0 Å². The molecule has 108 valence electrons. The van der Waals surface area contributed by atoms with Crippen LogP contribution in [-0.2, 0) is 0 Å². The first kappa shape index (κ1) is 14.4. The fraction of sp³-hybridized carbons (Fsp3) is 0.438. The molecule has 0 unspecified atom stereocenters. The van der Waals surface area contributed by atoms with Crippen molar-refractivity contribution in [2.45, 2.75) is 32.1 Å².